The van der Waals surface area contributed by atoms with Crippen molar-refractivity contribution in [1.82, 2.24) is 5.32 Å². The molecule has 60 valence electrons. The van der Waals surface area contributed by atoms with Crippen molar-refractivity contribution in [2.24, 2.45) is 0 Å². The highest BCUT2D eigenvalue weighted by Gasteiger charge is 1.93. The molecule has 0 heterocycles. The SMILES string of the molecule is CN[C@H](C)CCC=C(C)C. The van der Waals surface area contributed by atoms with E-state index in [0.717, 1.165) is 0 Å². The Morgan fingerprint density at radius 2 is 2.10 bits per heavy atom. The van der Waals surface area contributed by atoms with Crippen LogP contribution in [-0.2, 0) is 0 Å². The van der Waals surface area contributed by atoms with Gasteiger partial charge in [-0.2, -0.15) is 0 Å². The molecular formula is C9H19N. The molecule has 0 aliphatic rings. The monoisotopic (exact) mass is 141 g/mol. The molecule has 0 amide bonds. The van der Waals surface area contributed by atoms with Crippen molar-refractivity contribution >= 4 is 0 Å². The Hall–Kier alpha value is -0.300. The zero-order chi connectivity index (χ0) is 7.98. The molecule has 0 fully saturated rings. The van der Waals surface area contributed by atoms with Gasteiger partial charge in [-0.05, 0) is 40.7 Å². The zero-order valence-corrected chi connectivity index (χ0v) is 7.57. The summed E-state index contributed by atoms with van der Waals surface area (Å²) in [7, 11) is 2.01. The third-order valence-corrected chi connectivity index (χ3v) is 1.65. The molecule has 0 unspecified atom stereocenters. The average molecular weight is 141 g/mol. The summed E-state index contributed by atoms with van der Waals surface area (Å²) >= 11 is 0. The minimum Gasteiger partial charge on any atom is -0.317 e. The van der Waals surface area contributed by atoms with Gasteiger partial charge >= 0.3 is 0 Å². The molecule has 0 aromatic carbocycles. The maximum Gasteiger partial charge on any atom is 0.00386 e. The summed E-state index contributed by atoms with van der Waals surface area (Å²) in [5.74, 6) is 0. The molecule has 0 saturated heterocycles. The average Bonchev–Trinajstić information content (AvgIpc) is 1.87. The second kappa shape index (κ2) is 5.48. The van der Waals surface area contributed by atoms with Gasteiger partial charge in [-0.15, -0.1) is 0 Å². The van der Waals surface area contributed by atoms with Gasteiger partial charge in [0.15, 0.2) is 0 Å². The molecule has 0 radical (unpaired) electrons. The van der Waals surface area contributed by atoms with Crippen LogP contribution in [-0.4, -0.2) is 13.1 Å². The highest BCUT2D eigenvalue weighted by molar-refractivity contribution is 4.92. The van der Waals surface area contributed by atoms with Crippen molar-refractivity contribution in [2.75, 3.05) is 7.05 Å². The lowest BCUT2D eigenvalue weighted by Crippen LogP contribution is -2.20. The first-order chi connectivity index (χ1) is 4.66. The Kier molecular flexibility index (Phi) is 5.32. The van der Waals surface area contributed by atoms with Crippen molar-refractivity contribution in [3.63, 3.8) is 0 Å². The third-order valence-electron chi connectivity index (χ3n) is 1.65. The lowest BCUT2D eigenvalue weighted by Gasteiger charge is -2.06. The van der Waals surface area contributed by atoms with Gasteiger partial charge in [0, 0.05) is 6.04 Å². The summed E-state index contributed by atoms with van der Waals surface area (Å²) in [6.07, 6.45) is 4.72. The van der Waals surface area contributed by atoms with Crippen molar-refractivity contribution in [3.05, 3.63) is 11.6 Å². The van der Waals surface area contributed by atoms with Crippen LogP contribution < -0.4 is 5.32 Å². The van der Waals surface area contributed by atoms with E-state index in [-0.39, 0.29) is 0 Å². The van der Waals surface area contributed by atoms with Crippen LogP contribution in [0.2, 0.25) is 0 Å². The Morgan fingerprint density at radius 1 is 1.50 bits per heavy atom. The highest BCUT2D eigenvalue weighted by atomic mass is 14.8. The second-order valence-corrected chi connectivity index (χ2v) is 3.05. The summed E-state index contributed by atoms with van der Waals surface area (Å²) in [5, 5.41) is 3.21. The number of hydrogen-bond donors (Lipinski definition) is 1. The molecule has 1 N–H and O–H groups in total. The van der Waals surface area contributed by atoms with Crippen molar-refractivity contribution in [1.29, 1.82) is 0 Å². The zero-order valence-electron chi connectivity index (χ0n) is 7.57. The number of allylic oxidation sites excluding steroid dienone is 2. The maximum atomic E-state index is 3.21. The van der Waals surface area contributed by atoms with Crippen LogP contribution in [0.3, 0.4) is 0 Å². The van der Waals surface area contributed by atoms with Gasteiger partial charge in [0.05, 0.1) is 0 Å². The van der Waals surface area contributed by atoms with E-state index in [1.807, 2.05) is 7.05 Å². The molecule has 0 saturated carbocycles. The van der Waals surface area contributed by atoms with E-state index in [4.69, 9.17) is 0 Å². The van der Waals surface area contributed by atoms with E-state index >= 15 is 0 Å². The van der Waals surface area contributed by atoms with Crippen LogP contribution in [0.4, 0.5) is 0 Å². The second-order valence-electron chi connectivity index (χ2n) is 3.05. The van der Waals surface area contributed by atoms with E-state index in [1.54, 1.807) is 0 Å². The molecule has 1 atom stereocenters. The van der Waals surface area contributed by atoms with E-state index in [2.05, 4.69) is 32.2 Å². The van der Waals surface area contributed by atoms with Gasteiger partial charge in [0.1, 0.15) is 0 Å². The molecule has 0 aromatic rings. The molecule has 0 bridgehead atoms. The number of rotatable bonds is 4. The summed E-state index contributed by atoms with van der Waals surface area (Å²) in [5.41, 5.74) is 1.42. The molecular weight excluding hydrogens is 122 g/mol. The van der Waals surface area contributed by atoms with E-state index < -0.39 is 0 Å². The Morgan fingerprint density at radius 3 is 2.50 bits per heavy atom. The number of hydrogen-bond acceptors (Lipinski definition) is 1. The molecule has 0 rings (SSSR count). The van der Waals surface area contributed by atoms with E-state index in [9.17, 15) is 0 Å². The molecule has 0 aromatic heterocycles. The Labute approximate surface area is 64.5 Å². The van der Waals surface area contributed by atoms with Crippen LogP contribution in [0.5, 0.6) is 0 Å². The van der Waals surface area contributed by atoms with Crippen LogP contribution >= 0.6 is 0 Å². The normalized spacial score (nSPS) is 12.8. The molecule has 10 heavy (non-hydrogen) atoms. The van der Waals surface area contributed by atoms with Crippen LogP contribution in [0.1, 0.15) is 33.6 Å². The van der Waals surface area contributed by atoms with Gasteiger partial charge in [0.2, 0.25) is 0 Å². The predicted molar refractivity (Wildman–Crippen MR) is 47.2 cm³/mol. The minimum absolute atomic E-state index is 0.649. The number of nitrogens with one attached hydrogen (secondary N) is 1. The fourth-order valence-electron chi connectivity index (χ4n) is 0.766. The fourth-order valence-corrected chi connectivity index (χ4v) is 0.766. The Balaban J connectivity index is 3.28. The van der Waals surface area contributed by atoms with Gasteiger partial charge in [-0.1, -0.05) is 11.6 Å². The maximum absolute atomic E-state index is 3.21. The topological polar surface area (TPSA) is 12.0 Å². The quantitative estimate of drug-likeness (QED) is 0.592. The van der Waals surface area contributed by atoms with Gasteiger partial charge in [-0.25, -0.2) is 0 Å². The van der Waals surface area contributed by atoms with E-state index in [0.29, 0.717) is 6.04 Å². The lowest BCUT2D eigenvalue weighted by atomic mass is 10.1. The first-order valence-electron chi connectivity index (χ1n) is 3.97. The lowest BCUT2D eigenvalue weighted by molar-refractivity contribution is 0.570. The first kappa shape index (κ1) is 9.70. The van der Waals surface area contributed by atoms with Gasteiger partial charge in [0.25, 0.3) is 0 Å². The molecule has 0 aliphatic carbocycles. The summed E-state index contributed by atoms with van der Waals surface area (Å²) < 4.78 is 0. The highest BCUT2D eigenvalue weighted by Crippen LogP contribution is 1.99. The van der Waals surface area contributed by atoms with Crippen molar-refractivity contribution < 1.29 is 0 Å². The summed E-state index contributed by atoms with van der Waals surface area (Å²) in [4.78, 5) is 0. The Bertz CT molecular complexity index is 101. The standard InChI is InChI=1S/C9H19N/c1-8(2)6-5-7-9(3)10-4/h6,9-10H,5,7H2,1-4H3/t9-/m1/s1. The molecule has 0 aliphatic heterocycles. The predicted octanol–water partition coefficient (Wildman–Crippen LogP) is 2.34. The van der Waals surface area contributed by atoms with Crippen LogP contribution in [0.15, 0.2) is 11.6 Å². The molecule has 1 nitrogen and oxygen atoms in total. The molecule has 1 heteroatoms. The van der Waals surface area contributed by atoms with Crippen molar-refractivity contribution in [3.8, 4) is 0 Å². The van der Waals surface area contributed by atoms with Crippen LogP contribution in [0.25, 0.3) is 0 Å². The minimum atomic E-state index is 0.649. The molecule has 0 spiro atoms. The largest absolute Gasteiger partial charge is 0.317 e. The fraction of sp³-hybridized carbons (Fsp3) is 0.778. The summed E-state index contributed by atoms with van der Waals surface area (Å²) in [6, 6.07) is 0.649. The van der Waals surface area contributed by atoms with Gasteiger partial charge in [-0.3, -0.25) is 0 Å². The smallest absolute Gasteiger partial charge is 0.00386 e. The van der Waals surface area contributed by atoms with Crippen LogP contribution in [0, 0.1) is 0 Å². The van der Waals surface area contributed by atoms with Gasteiger partial charge < -0.3 is 5.32 Å². The summed E-state index contributed by atoms with van der Waals surface area (Å²) in [6.45, 7) is 6.49. The van der Waals surface area contributed by atoms with Crippen molar-refractivity contribution in [2.45, 2.75) is 39.7 Å². The first-order valence-corrected chi connectivity index (χ1v) is 3.97. The van der Waals surface area contributed by atoms with E-state index in [1.165, 1.54) is 18.4 Å². The third kappa shape index (κ3) is 5.83.